The second-order valence-electron chi connectivity index (χ2n) is 9.82. The van der Waals surface area contributed by atoms with Crippen LogP contribution in [0.4, 0.5) is 4.79 Å². The van der Waals surface area contributed by atoms with Crippen molar-refractivity contribution in [3.8, 4) is 0 Å². The van der Waals surface area contributed by atoms with E-state index in [2.05, 4.69) is 10.6 Å². The first-order chi connectivity index (χ1) is 15.4. The van der Waals surface area contributed by atoms with Gasteiger partial charge in [0.05, 0.1) is 12.7 Å². The molecule has 0 aromatic rings. The van der Waals surface area contributed by atoms with Gasteiger partial charge in [0.25, 0.3) is 0 Å². The molecule has 0 aromatic carbocycles. The first kappa shape index (κ1) is 25.0. The molecule has 11 nitrogen and oxygen atoms in total. The van der Waals surface area contributed by atoms with Gasteiger partial charge in [-0.1, -0.05) is 12.2 Å². The number of carboxylic acid groups (broad SMARTS) is 1. The fourth-order valence-electron chi connectivity index (χ4n) is 4.24. The van der Waals surface area contributed by atoms with Gasteiger partial charge in [0.15, 0.2) is 0 Å². The van der Waals surface area contributed by atoms with E-state index < -0.39 is 53.2 Å². The number of aliphatic carboxylic acids is 1. The molecular weight excluding hydrogens is 434 g/mol. The van der Waals surface area contributed by atoms with E-state index in [-0.39, 0.29) is 38.3 Å². The Morgan fingerprint density at radius 2 is 2.06 bits per heavy atom. The lowest BCUT2D eigenvalue weighted by Gasteiger charge is -2.30. The third-order valence-electron chi connectivity index (χ3n) is 5.96. The van der Waals surface area contributed by atoms with E-state index in [0.717, 1.165) is 0 Å². The molecule has 184 valence electrons. The van der Waals surface area contributed by atoms with Crippen molar-refractivity contribution >= 4 is 23.9 Å². The fraction of sp³-hybridized carbons (Fsp3) is 0.727. The zero-order valence-corrected chi connectivity index (χ0v) is 19.2. The molecule has 33 heavy (non-hydrogen) atoms. The van der Waals surface area contributed by atoms with Crippen LogP contribution in [0.2, 0.25) is 0 Å². The predicted octanol–water partition coefficient (Wildman–Crippen LogP) is 0.168. The van der Waals surface area contributed by atoms with Crippen LogP contribution in [0.1, 0.15) is 46.5 Å². The molecule has 3 amide bonds. The molecule has 1 saturated carbocycles. The lowest BCUT2D eigenvalue weighted by molar-refractivity contribution is -0.145. The molecular formula is C22H33N3O8. The number of aliphatic hydroxyl groups is 1. The Hall–Kier alpha value is -2.66. The zero-order valence-electron chi connectivity index (χ0n) is 19.2. The fourth-order valence-corrected chi connectivity index (χ4v) is 4.24. The summed E-state index contributed by atoms with van der Waals surface area (Å²) in [5, 5.41) is 25.1. The molecule has 5 unspecified atom stereocenters. The Morgan fingerprint density at radius 1 is 1.33 bits per heavy atom. The highest BCUT2D eigenvalue weighted by Crippen LogP contribution is 2.45. The van der Waals surface area contributed by atoms with E-state index in [1.807, 2.05) is 0 Å². The molecule has 5 atom stereocenters. The number of nitrogens with zero attached hydrogens (tertiary/aromatic N) is 1. The summed E-state index contributed by atoms with van der Waals surface area (Å²) in [5.74, 6) is -2.72. The van der Waals surface area contributed by atoms with Gasteiger partial charge in [-0.25, -0.2) is 9.59 Å². The highest BCUT2D eigenvalue weighted by atomic mass is 16.6. The van der Waals surface area contributed by atoms with Gasteiger partial charge < -0.3 is 35.2 Å². The van der Waals surface area contributed by atoms with Crippen molar-refractivity contribution in [1.29, 1.82) is 0 Å². The number of hydrogen-bond donors (Lipinski definition) is 4. The molecule has 0 spiro atoms. The molecule has 0 bridgehead atoms. The Kier molecular flexibility index (Phi) is 7.32. The molecule has 11 heteroatoms. The first-order valence-electron chi connectivity index (χ1n) is 11.2. The van der Waals surface area contributed by atoms with E-state index >= 15 is 0 Å². The highest BCUT2D eigenvalue weighted by molar-refractivity contribution is 5.96. The number of ether oxygens (including phenoxy) is 2. The Morgan fingerprint density at radius 3 is 2.73 bits per heavy atom. The van der Waals surface area contributed by atoms with Crippen molar-refractivity contribution in [2.24, 2.45) is 5.92 Å². The minimum atomic E-state index is -1.44. The number of fused-ring (bicyclic) bond motifs is 2. The maximum atomic E-state index is 13.4. The van der Waals surface area contributed by atoms with Crippen molar-refractivity contribution in [3.05, 3.63) is 12.2 Å². The number of carboxylic acids is 1. The molecule has 1 aliphatic carbocycles. The van der Waals surface area contributed by atoms with Gasteiger partial charge in [-0.15, -0.1) is 0 Å². The van der Waals surface area contributed by atoms with Crippen LogP contribution in [0, 0.1) is 5.92 Å². The summed E-state index contributed by atoms with van der Waals surface area (Å²) in [6.45, 7) is 5.59. The Bertz CT molecular complexity index is 823. The summed E-state index contributed by atoms with van der Waals surface area (Å²) in [5.41, 5.74) is -2.20. The normalized spacial score (nSPS) is 33.2. The molecule has 3 rings (SSSR count). The van der Waals surface area contributed by atoms with Crippen LogP contribution in [0.15, 0.2) is 12.2 Å². The number of nitrogens with one attached hydrogen (secondary N) is 2. The zero-order chi connectivity index (χ0) is 24.4. The van der Waals surface area contributed by atoms with Gasteiger partial charge in [-0.3, -0.25) is 9.59 Å². The Balaban J connectivity index is 1.83. The van der Waals surface area contributed by atoms with Crippen LogP contribution in [-0.4, -0.2) is 88.1 Å². The summed E-state index contributed by atoms with van der Waals surface area (Å²) in [6.07, 6.45) is 2.63. The van der Waals surface area contributed by atoms with Gasteiger partial charge in [0.1, 0.15) is 23.2 Å². The first-order valence-corrected chi connectivity index (χ1v) is 11.2. The summed E-state index contributed by atoms with van der Waals surface area (Å²) in [4.78, 5) is 51.9. The van der Waals surface area contributed by atoms with Crippen LogP contribution < -0.4 is 10.6 Å². The quantitative estimate of drug-likeness (QED) is 0.419. The number of aliphatic hydroxyl groups excluding tert-OH is 1. The maximum Gasteiger partial charge on any atom is 0.408 e. The van der Waals surface area contributed by atoms with Crippen molar-refractivity contribution in [2.75, 3.05) is 19.8 Å². The Labute approximate surface area is 192 Å². The average Bonchev–Trinajstić information content (AvgIpc) is 3.25. The number of carbonyl (C=O) groups is 4. The van der Waals surface area contributed by atoms with E-state index in [1.54, 1.807) is 32.9 Å². The minimum absolute atomic E-state index is 0.0178. The second kappa shape index (κ2) is 9.68. The van der Waals surface area contributed by atoms with Crippen LogP contribution in [0.5, 0.6) is 0 Å². The van der Waals surface area contributed by atoms with Crippen molar-refractivity contribution in [1.82, 2.24) is 15.5 Å². The molecule has 2 heterocycles. The number of alkyl carbamates (subject to hydrolysis) is 1. The van der Waals surface area contributed by atoms with Gasteiger partial charge in [-0.05, 0) is 40.0 Å². The smallest absolute Gasteiger partial charge is 0.408 e. The van der Waals surface area contributed by atoms with Crippen LogP contribution in [0.3, 0.4) is 0 Å². The number of hydrogen-bond acceptors (Lipinski definition) is 7. The summed E-state index contributed by atoms with van der Waals surface area (Å²) in [7, 11) is 0. The third kappa shape index (κ3) is 6.02. The maximum absolute atomic E-state index is 13.4. The number of rotatable bonds is 2. The highest BCUT2D eigenvalue weighted by Gasteiger charge is 2.61. The van der Waals surface area contributed by atoms with Crippen molar-refractivity contribution < 1.29 is 38.9 Å². The monoisotopic (exact) mass is 467 g/mol. The predicted molar refractivity (Wildman–Crippen MR) is 115 cm³/mol. The van der Waals surface area contributed by atoms with Crippen molar-refractivity contribution in [2.45, 2.75) is 75.8 Å². The number of amides is 3. The van der Waals surface area contributed by atoms with Gasteiger partial charge >= 0.3 is 12.1 Å². The van der Waals surface area contributed by atoms with Crippen molar-refractivity contribution in [3.63, 3.8) is 0 Å². The lowest BCUT2D eigenvalue weighted by Crippen LogP contribution is -2.56. The number of carbonyl (C=O) groups excluding carboxylic acids is 3. The van der Waals surface area contributed by atoms with Gasteiger partial charge in [0, 0.05) is 25.5 Å². The minimum Gasteiger partial charge on any atom is -0.479 e. The summed E-state index contributed by atoms with van der Waals surface area (Å²) in [6, 6.07) is -2.04. The second-order valence-corrected chi connectivity index (χ2v) is 9.82. The standard InChI is InChI=1S/C22H33N3O8/c1-21(2,3)33-20(31)23-15-7-5-9-32-8-4-6-13-11-22(13,19(29)30)24-17(27)16-10-14(26)12-25(16)18(15)28/h4,6,13-16,26H,5,7-12H2,1-3H3,(H,23,31)(H,24,27)(H,29,30). The average molecular weight is 468 g/mol. The molecule has 1 saturated heterocycles. The molecule has 0 aromatic heterocycles. The van der Waals surface area contributed by atoms with E-state index in [0.29, 0.717) is 13.0 Å². The summed E-state index contributed by atoms with van der Waals surface area (Å²) < 4.78 is 10.8. The van der Waals surface area contributed by atoms with Crippen LogP contribution >= 0.6 is 0 Å². The van der Waals surface area contributed by atoms with Gasteiger partial charge in [-0.2, -0.15) is 0 Å². The largest absolute Gasteiger partial charge is 0.479 e. The summed E-state index contributed by atoms with van der Waals surface area (Å²) >= 11 is 0. The molecule has 2 aliphatic heterocycles. The van der Waals surface area contributed by atoms with Gasteiger partial charge in [0.2, 0.25) is 11.8 Å². The lowest BCUT2D eigenvalue weighted by atomic mass is 10.1. The molecule has 0 radical (unpaired) electrons. The van der Waals surface area contributed by atoms with Crippen LogP contribution in [-0.2, 0) is 23.9 Å². The SMILES string of the molecule is CC(C)(C)OC(=O)NC1CCCOCC=CC2CC2(C(=O)O)NC(=O)C2CC(O)CN2C1=O. The topological polar surface area (TPSA) is 154 Å². The molecule has 4 N–H and O–H groups in total. The van der Waals surface area contributed by atoms with E-state index in [9.17, 15) is 29.4 Å². The molecule has 3 aliphatic rings. The third-order valence-corrected chi connectivity index (χ3v) is 5.96. The van der Waals surface area contributed by atoms with E-state index in [1.165, 1.54) is 4.90 Å². The van der Waals surface area contributed by atoms with E-state index in [4.69, 9.17) is 9.47 Å². The molecule has 2 fully saturated rings. The van der Waals surface area contributed by atoms with Crippen LogP contribution in [0.25, 0.3) is 0 Å².